The molecule has 0 bridgehead atoms. The molecule has 0 aliphatic carbocycles. The van der Waals surface area contributed by atoms with Crippen LogP contribution in [0.15, 0.2) is 106 Å². The number of nitrogens with zero attached hydrogens (tertiary/aromatic N) is 4. The van der Waals surface area contributed by atoms with Crippen LogP contribution in [0.3, 0.4) is 0 Å². The number of ether oxygens (including phenoxy) is 1. The van der Waals surface area contributed by atoms with E-state index in [9.17, 15) is 4.79 Å². The van der Waals surface area contributed by atoms with Gasteiger partial charge in [0.2, 0.25) is 0 Å². The Morgan fingerprint density at radius 1 is 0.975 bits per heavy atom. The zero-order valence-electron chi connectivity index (χ0n) is 22.4. The lowest BCUT2D eigenvalue weighted by Gasteiger charge is -2.32. The van der Waals surface area contributed by atoms with Gasteiger partial charge in [-0.15, -0.1) is 0 Å². The second kappa shape index (κ2) is 10.0. The molecule has 4 aromatic rings. The predicted octanol–water partition coefficient (Wildman–Crippen LogP) is 5.23. The number of nitrogens with two attached hydrogens (primary N) is 1. The fourth-order valence-corrected chi connectivity index (χ4v) is 5.17. The molecule has 0 saturated heterocycles. The monoisotopic (exact) mass is 536 g/mol. The van der Waals surface area contributed by atoms with Crippen LogP contribution in [0.1, 0.15) is 38.1 Å². The number of hydrazine groups is 2. The third-order valence-corrected chi connectivity index (χ3v) is 6.99. The maximum Gasteiger partial charge on any atom is 0.263 e. The topological polar surface area (TPSA) is 88.1 Å². The number of pyridine rings is 1. The van der Waals surface area contributed by atoms with Crippen LogP contribution < -0.4 is 21.6 Å². The van der Waals surface area contributed by atoms with Gasteiger partial charge in [-0.05, 0) is 68.6 Å². The van der Waals surface area contributed by atoms with Gasteiger partial charge in [0.15, 0.2) is 11.6 Å². The van der Waals surface area contributed by atoms with E-state index < -0.39 is 5.82 Å². The van der Waals surface area contributed by atoms with Crippen molar-refractivity contribution in [3.05, 3.63) is 124 Å². The van der Waals surface area contributed by atoms with E-state index in [0.29, 0.717) is 28.0 Å². The molecule has 0 fully saturated rings. The van der Waals surface area contributed by atoms with Crippen LogP contribution in [0.2, 0.25) is 0 Å². The average Bonchev–Trinajstić information content (AvgIpc) is 3.35. The van der Waals surface area contributed by atoms with Gasteiger partial charge in [-0.1, -0.05) is 36.4 Å². The van der Waals surface area contributed by atoms with Crippen molar-refractivity contribution in [2.75, 3.05) is 0 Å². The van der Waals surface area contributed by atoms with Crippen molar-refractivity contribution >= 4 is 22.8 Å². The second-order valence-electron chi connectivity index (χ2n) is 10.0. The van der Waals surface area contributed by atoms with Gasteiger partial charge in [0.25, 0.3) is 5.56 Å². The molecule has 3 aromatic carbocycles. The minimum Gasteiger partial charge on any atom is -0.488 e. The predicted molar refractivity (Wildman–Crippen MR) is 155 cm³/mol. The first kappa shape index (κ1) is 25.4. The summed E-state index contributed by atoms with van der Waals surface area (Å²) in [5, 5.41) is 4.78. The fourth-order valence-electron chi connectivity index (χ4n) is 5.17. The minimum atomic E-state index is -0.473. The third-order valence-electron chi connectivity index (χ3n) is 6.99. The van der Waals surface area contributed by atoms with Gasteiger partial charge in [0, 0.05) is 16.6 Å². The van der Waals surface area contributed by atoms with E-state index in [1.807, 2.05) is 86.4 Å². The molecule has 3 N–H and O–H groups in total. The molecule has 0 amide bonds. The van der Waals surface area contributed by atoms with Crippen LogP contribution in [0.25, 0.3) is 22.2 Å². The van der Waals surface area contributed by atoms with Gasteiger partial charge in [-0.25, -0.2) is 15.2 Å². The number of rotatable bonds is 6. The van der Waals surface area contributed by atoms with E-state index in [0.717, 1.165) is 16.8 Å². The van der Waals surface area contributed by atoms with Crippen LogP contribution in [0.4, 0.5) is 4.39 Å². The summed E-state index contributed by atoms with van der Waals surface area (Å²) in [4.78, 5) is 18.1. The minimum absolute atomic E-state index is 0.113. The van der Waals surface area contributed by atoms with Gasteiger partial charge >= 0.3 is 0 Å². The van der Waals surface area contributed by atoms with E-state index in [1.54, 1.807) is 22.9 Å². The number of benzene rings is 3. The SMILES string of the molecule is CC(C)Oc1ccc(C2=C3C(=CN=CN3N)N(C(C)c3cc4ccccc4c(=O)n3-c3ccccc3)N2)cc1F. The smallest absolute Gasteiger partial charge is 0.263 e. The van der Waals surface area contributed by atoms with Crippen LogP contribution in [0.5, 0.6) is 5.75 Å². The Morgan fingerprint density at radius 3 is 2.48 bits per heavy atom. The molecule has 9 heteroatoms. The first-order chi connectivity index (χ1) is 19.3. The Hall–Kier alpha value is -4.89. The van der Waals surface area contributed by atoms with Gasteiger partial charge in [-0.3, -0.25) is 24.8 Å². The molecule has 2 aliphatic rings. The number of aliphatic imine (C=N–C) groups is 1. The highest BCUT2D eigenvalue weighted by molar-refractivity contribution is 5.83. The van der Waals surface area contributed by atoms with E-state index in [-0.39, 0.29) is 23.5 Å². The molecule has 8 nitrogen and oxygen atoms in total. The van der Waals surface area contributed by atoms with Crippen molar-refractivity contribution < 1.29 is 9.13 Å². The van der Waals surface area contributed by atoms with Crippen molar-refractivity contribution in [1.29, 1.82) is 0 Å². The molecular formula is C31H29FN6O2. The van der Waals surface area contributed by atoms with E-state index in [1.165, 1.54) is 17.4 Å². The molecule has 3 heterocycles. The molecule has 202 valence electrons. The normalized spacial score (nSPS) is 15.4. The van der Waals surface area contributed by atoms with Gasteiger partial charge < -0.3 is 4.74 Å². The first-order valence-corrected chi connectivity index (χ1v) is 13.1. The number of hydrogen-bond acceptors (Lipinski definition) is 7. The highest BCUT2D eigenvalue weighted by Crippen LogP contribution is 2.39. The number of halogens is 1. The summed E-state index contributed by atoms with van der Waals surface area (Å²) in [7, 11) is 0. The number of hydrogen-bond donors (Lipinski definition) is 2. The molecule has 0 spiro atoms. The molecule has 2 aliphatic heterocycles. The van der Waals surface area contributed by atoms with Crippen LogP contribution >= 0.6 is 0 Å². The summed E-state index contributed by atoms with van der Waals surface area (Å²) in [6.07, 6.45) is 3.04. The Labute approximate surface area is 231 Å². The van der Waals surface area contributed by atoms with Crippen LogP contribution in [0, 0.1) is 5.82 Å². The largest absolute Gasteiger partial charge is 0.488 e. The average molecular weight is 537 g/mol. The Kier molecular flexibility index (Phi) is 6.36. The van der Waals surface area contributed by atoms with Gasteiger partial charge in [0.1, 0.15) is 17.7 Å². The molecule has 40 heavy (non-hydrogen) atoms. The summed E-state index contributed by atoms with van der Waals surface area (Å²) in [5.74, 6) is 6.06. The standard InChI is InChI=1S/C31H29FN6O2/c1-19(2)40-28-14-13-22(15-25(28)32)29-30-27(17-34-18-36(30)33)38(35-29)20(3)26-16-21-9-7-8-12-24(21)31(39)37(26)23-10-5-4-6-11-23/h4-20,35H,33H2,1-3H3. The number of aromatic nitrogens is 1. The molecule has 1 aromatic heterocycles. The summed E-state index contributed by atoms with van der Waals surface area (Å²) in [6.45, 7) is 5.70. The number of fused-ring (bicyclic) bond motifs is 2. The van der Waals surface area contributed by atoms with Crippen LogP contribution in [-0.4, -0.2) is 27.0 Å². The van der Waals surface area contributed by atoms with E-state index >= 15 is 4.39 Å². The Morgan fingerprint density at radius 2 is 1.73 bits per heavy atom. The lowest BCUT2D eigenvalue weighted by atomic mass is 10.1. The zero-order chi connectivity index (χ0) is 28.0. The van der Waals surface area contributed by atoms with Crippen molar-refractivity contribution in [2.24, 2.45) is 10.8 Å². The molecule has 1 atom stereocenters. The summed E-state index contributed by atoms with van der Waals surface area (Å²) in [6, 6.07) is 23.6. The second-order valence-corrected chi connectivity index (χ2v) is 10.0. The van der Waals surface area contributed by atoms with Crippen molar-refractivity contribution in [1.82, 2.24) is 20.0 Å². The van der Waals surface area contributed by atoms with Gasteiger partial charge in [0.05, 0.1) is 29.7 Å². The molecular weight excluding hydrogens is 507 g/mol. The maximum atomic E-state index is 15.0. The van der Waals surface area contributed by atoms with Crippen molar-refractivity contribution in [2.45, 2.75) is 32.9 Å². The summed E-state index contributed by atoms with van der Waals surface area (Å²) >= 11 is 0. The highest BCUT2D eigenvalue weighted by atomic mass is 19.1. The Bertz CT molecular complexity index is 1760. The first-order valence-electron chi connectivity index (χ1n) is 13.1. The summed E-state index contributed by atoms with van der Waals surface area (Å²) in [5.41, 5.74) is 7.35. The van der Waals surface area contributed by atoms with E-state index in [2.05, 4.69) is 10.4 Å². The van der Waals surface area contributed by atoms with E-state index in [4.69, 9.17) is 10.6 Å². The summed E-state index contributed by atoms with van der Waals surface area (Å²) < 4.78 is 22.3. The zero-order valence-corrected chi connectivity index (χ0v) is 22.4. The molecule has 6 rings (SSSR count). The highest BCUT2D eigenvalue weighted by Gasteiger charge is 2.36. The molecule has 0 saturated carbocycles. The van der Waals surface area contributed by atoms with Crippen LogP contribution in [-0.2, 0) is 0 Å². The lowest BCUT2D eigenvalue weighted by Crippen LogP contribution is -2.38. The number of nitrogens with one attached hydrogen (secondary N) is 1. The Balaban J connectivity index is 1.47. The van der Waals surface area contributed by atoms with Crippen molar-refractivity contribution in [3.63, 3.8) is 0 Å². The third kappa shape index (κ3) is 4.30. The fraction of sp³-hybridized carbons (Fsp3) is 0.161. The molecule has 0 radical (unpaired) electrons. The maximum absolute atomic E-state index is 15.0. The quantitative estimate of drug-likeness (QED) is 0.328. The number of para-hydroxylation sites is 1. The lowest BCUT2D eigenvalue weighted by molar-refractivity contribution is 0.230. The molecule has 1 unspecified atom stereocenters. The van der Waals surface area contributed by atoms with Gasteiger partial charge in [-0.2, -0.15) is 0 Å². The van der Waals surface area contributed by atoms with Crippen molar-refractivity contribution in [3.8, 4) is 11.4 Å².